The molecule has 0 bridgehead atoms. The Morgan fingerprint density at radius 1 is 1.47 bits per heavy atom. The number of phenolic OH excluding ortho intramolecular Hbond substituents is 1. The van der Waals surface area contributed by atoms with Crippen molar-refractivity contribution in [1.29, 1.82) is 0 Å². The number of rotatable bonds is 2. The molecule has 15 heavy (non-hydrogen) atoms. The van der Waals surface area contributed by atoms with Crippen LogP contribution in [0, 0.1) is 11.3 Å². The highest BCUT2D eigenvalue weighted by molar-refractivity contribution is 6.31. The lowest BCUT2D eigenvalue weighted by Crippen LogP contribution is -2.05. The molecule has 2 atom stereocenters. The van der Waals surface area contributed by atoms with Crippen molar-refractivity contribution in [3.8, 4) is 5.75 Å². The number of halogens is 1. The van der Waals surface area contributed by atoms with Crippen LogP contribution in [-0.2, 0) is 0 Å². The lowest BCUT2D eigenvalue weighted by molar-refractivity contribution is 0.475. The molecule has 3 N–H and O–H groups in total. The summed E-state index contributed by atoms with van der Waals surface area (Å²) in [6.45, 7) is 5.10. The van der Waals surface area contributed by atoms with Crippen molar-refractivity contribution in [2.75, 3.05) is 6.54 Å². The third-order valence-corrected chi connectivity index (χ3v) is 3.95. The van der Waals surface area contributed by atoms with Crippen molar-refractivity contribution in [3.63, 3.8) is 0 Å². The van der Waals surface area contributed by atoms with Gasteiger partial charge in [0.1, 0.15) is 5.75 Å². The minimum atomic E-state index is 0.214. The molecule has 1 aromatic rings. The van der Waals surface area contributed by atoms with Crippen LogP contribution in [0.25, 0.3) is 0 Å². The van der Waals surface area contributed by atoms with Crippen molar-refractivity contribution in [2.45, 2.75) is 19.8 Å². The summed E-state index contributed by atoms with van der Waals surface area (Å²) in [6, 6.07) is 5.18. The van der Waals surface area contributed by atoms with Crippen LogP contribution >= 0.6 is 11.6 Å². The van der Waals surface area contributed by atoms with E-state index in [0.717, 1.165) is 5.56 Å². The van der Waals surface area contributed by atoms with E-state index in [9.17, 15) is 5.11 Å². The molecule has 1 aliphatic rings. The molecule has 1 aliphatic carbocycles. The third kappa shape index (κ3) is 1.62. The summed E-state index contributed by atoms with van der Waals surface area (Å²) in [6.07, 6.45) is 0. The van der Waals surface area contributed by atoms with Gasteiger partial charge in [0.2, 0.25) is 0 Å². The van der Waals surface area contributed by atoms with Gasteiger partial charge >= 0.3 is 0 Å². The van der Waals surface area contributed by atoms with Crippen molar-refractivity contribution in [3.05, 3.63) is 28.8 Å². The monoisotopic (exact) mass is 225 g/mol. The maximum atomic E-state index is 9.28. The molecular formula is C12H16ClNO. The predicted octanol–water partition coefficient (Wildman–Crippen LogP) is 2.74. The van der Waals surface area contributed by atoms with Crippen LogP contribution in [-0.4, -0.2) is 11.7 Å². The molecular weight excluding hydrogens is 210 g/mol. The summed E-state index contributed by atoms with van der Waals surface area (Å²) in [4.78, 5) is 0. The van der Waals surface area contributed by atoms with E-state index in [1.54, 1.807) is 12.1 Å². The highest BCUT2D eigenvalue weighted by atomic mass is 35.5. The van der Waals surface area contributed by atoms with E-state index in [-0.39, 0.29) is 11.2 Å². The predicted molar refractivity (Wildman–Crippen MR) is 62.2 cm³/mol. The van der Waals surface area contributed by atoms with Gasteiger partial charge in [0.15, 0.2) is 0 Å². The van der Waals surface area contributed by atoms with Crippen LogP contribution in [0.2, 0.25) is 5.02 Å². The zero-order chi connectivity index (χ0) is 11.2. The quantitative estimate of drug-likeness (QED) is 0.813. The summed E-state index contributed by atoms with van der Waals surface area (Å²) in [5.41, 5.74) is 7.06. The summed E-state index contributed by atoms with van der Waals surface area (Å²) >= 11 is 6.11. The van der Waals surface area contributed by atoms with Gasteiger partial charge in [-0.3, -0.25) is 0 Å². The Bertz CT molecular complexity index is 389. The number of hydrogen-bond donors (Lipinski definition) is 2. The second-order valence-electron chi connectivity index (χ2n) is 4.85. The van der Waals surface area contributed by atoms with E-state index in [1.165, 1.54) is 0 Å². The SMILES string of the molecule is CC1(C)[C@@H](CN)[C@@H]1c1ccc(O)cc1Cl. The molecule has 0 spiro atoms. The fraction of sp³-hybridized carbons (Fsp3) is 0.500. The lowest BCUT2D eigenvalue weighted by atomic mass is 10.0. The van der Waals surface area contributed by atoms with Crippen molar-refractivity contribution >= 4 is 11.6 Å². The second kappa shape index (κ2) is 3.39. The van der Waals surface area contributed by atoms with Gasteiger partial charge < -0.3 is 10.8 Å². The third-order valence-electron chi connectivity index (χ3n) is 3.62. The number of nitrogens with two attached hydrogens (primary N) is 1. The van der Waals surface area contributed by atoms with E-state index in [1.807, 2.05) is 6.07 Å². The van der Waals surface area contributed by atoms with E-state index < -0.39 is 0 Å². The average Bonchev–Trinajstić information content (AvgIpc) is 2.68. The molecule has 2 rings (SSSR count). The van der Waals surface area contributed by atoms with E-state index in [4.69, 9.17) is 17.3 Å². The standard InChI is InChI=1S/C12H16ClNO/c1-12(2)9(6-14)11(12)8-4-3-7(15)5-10(8)13/h3-5,9,11,15H,6,14H2,1-2H3/t9-,11-/m0/s1. The molecule has 1 aromatic carbocycles. The Labute approximate surface area is 95.1 Å². The van der Waals surface area contributed by atoms with Gasteiger partial charge in [-0.2, -0.15) is 0 Å². The number of aromatic hydroxyl groups is 1. The number of benzene rings is 1. The maximum absolute atomic E-state index is 9.28. The summed E-state index contributed by atoms with van der Waals surface area (Å²) < 4.78 is 0. The topological polar surface area (TPSA) is 46.2 Å². The summed E-state index contributed by atoms with van der Waals surface area (Å²) in [5, 5.41) is 9.93. The Morgan fingerprint density at radius 2 is 2.13 bits per heavy atom. The second-order valence-corrected chi connectivity index (χ2v) is 5.25. The van der Waals surface area contributed by atoms with Crippen molar-refractivity contribution in [2.24, 2.45) is 17.1 Å². The highest BCUT2D eigenvalue weighted by Crippen LogP contribution is 2.64. The molecule has 3 heteroatoms. The first-order valence-corrected chi connectivity index (χ1v) is 5.54. The molecule has 0 saturated heterocycles. The largest absolute Gasteiger partial charge is 0.508 e. The molecule has 0 radical (unpaired) electrons. The van der Waals surface area contributed by atoms with Gasteiger partial charge in [-0.15, -0.1) is 0 Å². The Morgan fingerprint density at radius 3 is 2.60 bits per heavy atom. The van der Waals surface area contributed by atoms with Gasteiger partial charge in [-0.05, 0) is 41.5 Å². The molecule has 0 unspecified atom stereocenters. The van der Waals surface area contributed by atoms with Gasteiger partial charge in [0.25, 0.3) is 0 Å². The Kier molecular flexibility index (Phi) is 2.44. The van der Waals surface area contributed by atoms with Crippen LogP contribution < -0.4 is 5.73 Å². The molecule has 0 heterocycles. The molecule has 1 saturated carbocycles. The molecule has 82 valence electrons. The Balaban J connectivity index is 2.33. The van der Waals surface area contributed by atoms with Crippen LogP contribution in [0.4, 0.5) is 0 Å². The van der Waals surface area contributed by atoms with E-state index in [0.29, 0.717) is 23.4 Å². The average molecular weight is 226 g/mol. The van der Waals surface area contributed by atoms with Crippen LogP contribution in [0.3, 0.4) is 0 Å². The van der Waals surface area contributed by atoms with Crippen LogP contribution in [0.15, 0.2) is 18.2 Å². The maximum Gasteiger partial charge on any atom is 0.117 e. The number of phenols is 1. The molecule has 0 aromatic heterocycles. The zero-order valence-electron chi connectivity index (χ0n) is 9.00. The van der Waals surface area contributed by atoms with Gasteiger partial charge in [0, 0.05) is 5.02 Å². The normalized spacial score (nSPS) is 27.7. The number of hydrogen-bond acceptors (Lipinski definition) is 2. The van der Waals surface area contributed by atoms with Gasteiger partial charge in [-0.25, -0.2) is 0 Å². The van der Waals surface area contributed by atoms with E-state index in [2.05, 4.69) is 13.8 Å². The highest BCUT2D eigenvalue weighted by Gasteiger charge is 2.57. The molecule has 1 fully saturated rings. The Hall–Kier alpha value is -0.730. The first-order chi connectivity index (χ1) is 6.98. The zero-order valence-corrected chi connectivity index (χ0v) is 9.75. The van der Waals surface area contributed by atoms with Crippen LogP contribution in [0.1, 0.15) is 25.3 Å². The first kappa shape index (κ1) is 10.8. The smallest absolute Gasteiger partial charge is 0.117 e. The minimum Gasteiger partial charge on any atom is -0.508 e. The first-order valence-electron chi connectivity index (χ1n) is 5.17. The lowest BCUT2D eigenvalue weighted by Gasteiger charge is -2.06. The molecule has 0 amide bonds. The van der Waals surface area contributed by atoms with Crippen molar-refractivity contribution < 1.29 is 5.11 Å². The summed E-state index contributed by atoms with van der Waals surface area (Å²) in [5.74, 6) is 1.14. The minimum absolute atomic E-state index is 0.214. The van der Waals surface area contributed by atoms with Crippen LogP contribution in [0.5, 0.6) is 5.75 Å². The fourth-order valence-electron chi connectivity index (χ4n) is 2.57. The van der Waals surface area contributed by atoms with Crippen molar-refractivity contribution in [1.82, 2.24) is 0 Å². The molecule has 0 aliphatic heterocycles. The van der Waals surface area contributed by atoms with Gasteiger partial charge in [-0.1, -0.05) is 31.5 Å². The molecule has 2 nitrogen and oxygen atoms in total. The van der Waals surface area contributed by atoms with Gasteiger partial charge in [0.05, 0.1) is 0 Å². The summed E-state index contributed by atoms with van der Waals surface area (Å²) in [7, 11) is 0. The fourth-order valence-corrected chi connectivity index (χ4v) is 2.86. The van der Waals surface area contributed by atoms with E-state index >= 15 is 0 Å².